The molecule has 0 aliphatic rings. The second-order valence-electron chi connectivity index (χ2n) is 4.22. The Labute approximate surface area is 113 Å². The molecular weight excluding hydrogens is 260 g/mol. The van der Waals surface area contributed by atoms with Gasteiger partial charge >= 0.3 is 0 Å². The van der Waals surface area contributed by atoms with Gasteiger partial charge in [-0.3, -0.25) is 0 Å². The maximum atomic E-state index is 12.4. The van der Waals surface area contributed by atoms with E-state index < -0.39 is 9.84 Å². The van der Waals surface area contributed by atoms with Gasteiger partial charge in [0, 0.05) is 0 Å². The predicted octanol–water partition coefficient (Wildman–Crippen LogP) is 3.23. The van der Waals surface area contributed by atoms with Crippen LogP contribution in [0.5, 0.6) is 5.75 Å². The van der Waals surface area contributed by atoms with Crippen LogP contribution in [0.4, 0.5) is 0 Å². The van der Waals surface area contributed by atoms with E-state index in [2.05, 4.69) is 0 Å². The minimum absolute atomic E-state index is 0.278. The number of benzene rings is 2. The Morgan fingerprint density at radius 2 is 1.37 bits per heavy atom. The fourth-order valence-corrected chi connectivity index (χ4v) is 3.00. The summed E-state index contributed by atoms with van der Waals surface area (Å²) in [4.78, 5) is 0.585. The highest BCUT2D eigenvalue weighted by Gasteiger charge is 2.17. The molecule has 0 spiro atoms. The van der Waals surface area contributed by atoms with E-state index in [9.17, 15) is 8.42 Å². The Bertz CT molecular complexity index is 641. The van der Waals surface area contributed by atoms with Crippen LogP contribution in [-0.2, 0) is 9.84 Å². The monoisotopic (exact) mass is 276 g/mol. The lowest BCUT2D eigenvalue weighted by atomic mass is 10.2. The lowest BCUT2D eigenvalue weighted by Gasteiger charge is -2.07. The molecule has 0 radical (unpaired) electrons. The third-order valence-corrected chi connectivity index (χ3v) is 4.56. The zero-order valence-corrected chi connectivity index (χ0v) is 11.8. The van der Waals surface area contributed by atoms with Crippen LogP contribution in [0.1, 0.15) is 12.5 Å². The molecule has 0 aliphatic heterocycles. The highest BCUT2D eigenvalue weighted by molar-refractivity contribution is 7.91. The molecule has 0 atom stereocenters. The molecule has 0 bridgehead atoms. The average Bonchev–Trinajstić information content (AvgIpc) is 2.40. The van der Waals surface area contributed by atoms with Crippen molar-refractivity contribution < 1.29 is 13.2 Å². The van der Waals surface area contributed by atoms with Crippen LogP contribution in [-0.4, -0.2) is 15.0 Å². The van der Waals surface area contributed by atoms with Crippen LogP contribution in [0.2, 0.25) is 0 Å². The van der Waals surface area contributed by atoms with E-state index in [1.165, 1.54) is 0 Å². The topological polar surface area (TPSA) is 43.4 Å². The van der Waals surface area contributed by atoms with Crippen molar-refractivity contribution in [3.8, 4) is 5.75 Å². The largest absolute Gasteiger partial charge is 0.494 e. The van der Waals surface area contributed by atoms with E-state index in [-0.39, 0.29) is 4.90 Å². The number of sulfone groups is 1. The quantitative estimate of drug-likeness (QED) is 0.861. The SMILES string of the molecule is CCOc1ccc(S(=O)(=O)c2ccc(C)cc2)cc1. The van der Waals surface area contributed by atoms with Crippen LogP contribution in [0.3, 0.4) is 0 Å². The molecule has 4 heteroatoms. The van der Waals surface area contributed by atoms with E-state index >= 15 is 0 Å². The first-order valence-electron chi connectivity index (χ1n) is 6.08. The lowest BCUT2D eigenvalue weighted by Crippen LogP contribution is -2.02. The van der Waals surface area contributed by atoms with Gasteiger partial charge in [0.2, 0.25) is 9.84 Å². The highest BCUT2D eigenvalue weighted by Crippen LogP contribution is 2.23. The van der Waals surface area contributed by atoms with Gasteiger partial charge in [0.1, 0.15) is 5.75 Å². The molecule has 0 saturated carbocycles. The van der Waals surface area contributed by atoms with Gasteiger partial charge in [-0.1, -0.05) is 17.7 Å². The zero-order chi connectivity index (χ0) is 13.9. The van der Waals surface area contributed by atoms with Crippen LogP contribution in [0.15, 0.2) is 58.3 Å². The maximum Gasteiger partial charge on any atom is 0.206 e. The molecular formula is C15H16O3S. The van der Waals surface area contributed by atoms with Crippen molar-refractivity contribution in [2.75, 3.05) is 6.61 Å². The number of aryl methyl sites for hydroxylation is 1. The number of hydrogen-bond donors (Lipinski definition) is 0. The number of ether oxygens (including phenoxy) is 1. The molecule has 19 heavy (non-hydrogen) atoms. The fraction of sp³-hybridized carbons (Fsp3) is 0.200. The molecule has 3 nitrogen and oxygen atoms in total. The molecule has 0 aromatic heterocycles. The Morgan fingerprint density at radius 1 is 0.895 bits per heavy atom. The van der Waals surface area contributed by atoms with E-state index in [1.54, 1.807) is 48.5 Å². The fourth-order valence-electron chi connectivity index (χ4n) is 1.74. The average molecular weight is 276 g/mol. The van der Waals surface area contributed by atoms with Crippen LogP contribution >= 0.6 is 0 Å². The highest BCUT2D eigenvalue weighted by atomic mass is 32.2. The first kappa shape index (κ1) is 13.6. The number of hydrogen-bond acceptors (Lipinski definition) is 3. The summed E-state index contributed by atoms with van der Waals surface area (Å²) < 4.78 is 30.0. The summed E-state index contributed by atoms with van der Waals surface area (Å²) in [6, 6.07) is 13.3. The van der Waals surface area contributed by atoms with Gasteiger partial charge in [-0.05, 0) is 50.2 Å². The lowest BCUT2D eigenvalue weighted by molar-refractivity contribution is 0.340. The van der Waals surface area contributed by atoms with Crippen molar-refractivity contribution >= 4 is 9.84 Å². The zero-order valence-electron chi connectivity index (χ0n) is 11.0. The third-order valence-electron chi connectivity index (χ3n) is 2.78. The molecule has 2 rings (SSSR count). The molecule has 0 heterocycles. The smallest absolute Gasteiger partial charge is 0.206 e. The standard InChI is InChI=1S/C15H16O3S/c1-3-18-13-6-10-15(11-7-13)19(16,17)14-8-4-12(2)5-9-14/h4-11H,3H2,1-2H3. The molecule has 0 N–H and O–H groups in total. The molecule has 0 aliphatic carbocycles. The van der Waals surface area contributed by atoms with Crippen molar-refractivity contribution in [3.63, 3.8) is 0 Å². The summed E-state index contributed by atoms with van der Waals surface area (Å²) in [5.41, 5.74) is 1.03. The van der Waals surface area contributed by atoms with Crippen molar-refractivity contribution in [2.45, 2.75) is 23.6 Å². The van der Waals surface area contributed by atoms with E-state index in [4.69, 9.17) is 4.74 Å². The van der Waals surface area contributed by atoms with Gasteiger partial charge in [0.05, 0.1) is 16.4 Å². The first-order valence-corrected chi connectivity index (χ1v) is 7.57. The molecule has 100 valence electrons. The van der Waals surface area contributed by atoms with Gasteiger partial charge < -0.3 is 4.74 Å². The molecule has 0 amide bonds. The van der Waals surface area contributed by atoms with E-state index in [0.717, 1.165) is 5.56 Å². The Hall–Kier alpha value is -1.81. The predicted molar refractivity (Wildman–Crippen MR) is 74.2 cm³/mol. The van der Waals surface area contributed by atoms with Gasteiger partial charge in [0.15, 0.2) is 0 Å². The maximum absolute atomic E-state index is 12.4. The van der Waals surface area contributed by atoms with E-state index in [0.29, 0.717) is 17.3 Å². The van der Waals surface area contributed by atoms with Crippen molar-refractivity contribution in [1.29, 1.82) is 0 Å². The summed E-state index contributed by atoms with van der Waals surface area (Å²) in [5.74, 6) is 0.672. The second-order valence-corrected chi connectivity index (χ2v) is 6.17. The van der Waals surface area contributed by atoms with Gasteiger partial charge in [-0.15, -0.1) is 0 Å². The van der Waals surface area contributed by atoms with Crippen LogP contribution < -0.4 is 4.74 Å². The summed E-state index contributed by atoms with van der Waals surface area (Å²) >= 11 is 0. The molecule has 2 aromatic carbocycles. The molecule has 2 aromatic rings. The van der Waals surface area contributed by atoms with Crippen LogP contribution in [0.25, 0.3) is 0 Å². The first-order chi connectivity index (χ1) is 9.04. The van der Waals surface area contributed by atoms with Gasteiger partial charge in [0.25, 0.3) is 0 Å². The van der Waals surface area contributed by atoms with Crippen molar-refractivity contribution in [3.05, 3.63) is 54.1 Å². The molecule has 0 unspecified atom stereocenters. The summed E-state index contributed by atoms with van der Waals surface area (Å²) in [5, 5.41) is 0. The van der Waals surface area contributed by atoms with E-state index in [1.807, 2.05) is 13.8 Å². The normalized spacial score (nSPS) is 11.3. The Balaban J connectivity index is 2.36. The van der Waals surface area contributed by atoms with Crippen LogP contribution in [0, 0.1) is 6.92 Å². The van der Waals surface area contributed by atoms with Gasteiger partial charge in [-0.25, -0.2) is 8.42 Å². The second kappa shape index (κ2) is 5.45. The molecule has 0 saturated heterocycles. The van der Waals surface area contributed by atoms with Crippen molar-refractivity contribution in [1.82, 2.24) is 0 Å². The summed E-state index contributed by atoms with van der Waals surface area (Å²) in [7, 11) is -3.44. The Kier molecular flexibility index (Phi) is 3.90. The molecule has 0 fully saturated rings. The van der Waals surface area contributed by atoms with Gasteiger partial charge in [-0.2, -0.15) is 0 Å². The minimum Gasteiger partial charge on any atom is -0.494 e. The number of rotatable bonds is 4. The third kappa shape index (κ3) is 2.96. The Morgan fingerprint density at radius 3 is 1.84 bits per heavy atom. The minimum atomic E-state index is -3.44. The summed E-state index contributed by atoms with van der Waals surface area (Å²) in [6.45, 7) is 4.37. The van der Waals surface area contributed by atoms with Crippen molar-refractivity contribution in [2.24, 2.45) is 0 Å². The summed E-state index contributed by atoms with van der Waals surface area (Å²) in [6.07, 6.45) is 0.